The van der Waals surface area contributed by atoms with Gasteiger partial charge in [-0.25, -0.2) is 4.90 Å². The molecule has 1 aliphatic heterocycles. The molecule has 0 bridgehead atoms. The van der Waals surface area contributed by atoms with E-state index in [4.69, 9.17) is 4.74 Å². The minimum atomic E-state index is -0.317. The monoisotopic (exact) mass is 440 g/mol. The van der Waals surface area contributed by atoms with Crippen LogP contribution < -0.4 is 14.5 Å². The predicted molar refractivity (Wildman–Crippen MR) is 132 cm³/mol. The van der Waals surface area contributed by atoms with E-state index in [-0.39, 0.29) is 11.8 Å². The Kier molecular flexibility index (Phi) is 6.31. The highest BCUT2D eigenvalue weighted by Crippen LogP contribution is 2.38. The standard InChI is InChI=1S/C28H28N2O3/c1-5-29(22-12-8-7-9-13-22)26-25(21-15-17-23(18-16-21)33-6-2)27(31)30(28(26)32)24-14-10-11-19(3)20(24)4/h7-18H,5-6H2,1-4H3. The summed E-state index contributed by atoms with van der Waals surface area (Å²) >= 11 is 0. The Hall–Kier alpha value is -3.86. The molecule has 1 aliphatic rings. The van der Waals surface area contributed by atoms with Crippen LogP contribution in [0.2, 0.25) is 0 Å². The summed E-state index contributed by atoms with van der Waals surface area (Å²) in [5, 5.41) is 0. The van der Waals surface area contributed by atoms with Crippen LogP contribution in [-0.4, -0.2) is 25.0 Å². The zero-order chi connectivity index (χ0) is 23.5. The van der Waals surface area contributed by atoms with Crippen LogP contribution in [0, 0.1) is 13.8 Å². The van der Waals surface area contributed by atoms with Gasteiger partial charge < -0.3 is 9.64 Å². The van der Waals surface area contributed by atoms with E-state index in [2.05, 4.69) is 0 Å². The second kappa shape index (κ2) is 9.33. The van der Waals surface area contributed by atoms with Gasteiger partial charge in [0.2, 0.25) is 0 Å². The molecular formula is C28H28N2O3. The number of amides is 2. The summed E-state index contributed by atoms with van der Waals surface area (Å²) in [6.07, 6.45) is 0. The number of para-hydroxylation sites is 1. The molecule has 0 radical (unpaired) electrons. The molecule has 0 aliphatic carbocycles. The highest BCUT2D eigenvalue weighted by atomic mass is 16.5. The average molecular weight is 441 g/mol. The first-order valence-electron chi connectivity index (χ1n) is 11.2. The van der Waals surface area contributed by atoms with Crippen molar-refractivity contribution in [3.8, 4) is 5.75 Å². The maximum absolute atomic E-state index is 13.9. The minimum absolute atomic E-state index is 0.316. The van der Waals surface area contributed by atoms with Crippen LogP contribution in [0.4, 0.5) is 11.4 Å². The third-order valence-corrected chi connectivity index (χ3v) is 5.98. The summed E-state index contributed by atoms with van der Waals surface area (Å²) < 4.78 is 5.57. The number of likely N-dealkylation sites (N-methyl/N-ethyl adjacent to an activating group) is 1. The van der Waals surface area contributed by atoms with Gasteiger partial charge in [-0.05, 0) is 74.7 Å². The molecule has 0 spiro atoms. The number of imide groups is 1. The molecule has 0 fully saturated rings. The van der Waals surface area contributed by atoms with Crippen molar-refractivity contribution < 1.29 is 14.3 Å². The molecular weight excluding hydrogens is 412 g/mol. The lowest BCUT2D eigenvalue weighted by molar-refractivity contribution is -0.120. The molecule has 2 amide bonds. The third-order valence-electron chi connectivity index (χ3n) is 5.98. The van der Waals surface area contributed by atoms with Gasteiger partial charge in [0.1, 0.15) is 11.4 Å². The van der Waals surface area contributed by atoms with E-state index in [0.29, 0.717) is 35.7 Å². The molecule has 5 nitrogen and oxygen atoms in total. The first kappa shape index (κ1) is 22.3. The van der Waals surface area contributed by atoms with Crippen molar-refractivity contribution in [2.24, 2.45) is 0 Å². The second-order valence-corrected chi connectivity index (χ2v) is 7.93. The predicted octanol–water partition coefficient (Wildman–Crippen LogP) is 5.51. The maximum atomic E-state index is 13.9. The van der Waals surface area contributed by atoms with E-state index >= 15 is 0 Å². The third kappa shape index (κ3) is 4.02. The van der Waals surface area contributed by atoms with E-state index in [1.54, 1.807) is 0 Å². The lowest BCUT2D eigenvalue weighted by Gasteiger charge is -2.25. The van der Waals surface area contributed by atoms with Gasteiger partial charge in [-0.1, -0.05) is 42.5 Å². The molecule has 33 heavy (non-hydrogen) atoms. The van der Waals surface area contributed by atoms with Gasteiger partial charge in [-0.3, -0.25) is 9.59 Å². The number of hydrogen-bond acceptors (Lipinski definition) is 4. The molecule has 4 rings (SSSR count). The van der Waals surface area contributed by atoms with E-state index in [1.807, 2.05) is 105 Å². The van der Waals surface area contributed by atoms with Gasteiger partial charge >= 0.3 is 0 Å². The zero-order valence-electron chi connectivity index (χ0n) is 19.5. The number of benzene rings is 3. The number of carbonyl (C=O) groups excluding carboxylic acids is 2. The molecule has 168 valence electrons. The lowest BCUT2D eigenvalue weighted by Crippen LogP contribution is -2.35. The Morgan fingerprint density at radius 2 is 1.52 bits per heavy atom. The van der Waals surface area contributed by atoms with Crippen molar-refractivity contribution in [1.29, 1.82) is 0 Å². The van der Waals surface area contributed by atoms with Crippen LogP contribution in [-0.2, 0) is 9.59 Å². The van der Waals surface area contributed by atoms with Crippen LogP contribution >= 0.6 is 0 Å². The van der Waals surface area contributed by atoms with Crippen molar-refractivity contribution in [2.75, 3.05) is 23.0 Å². The Labute approximate surface area is 194 Å². The average Bonchev–Trinajstić information content (AvgIpc) is 3.08. The Morgan fingerprint density at radius 1 is 0.818 bits per heavy atom. The fourth-order valence-electron chi connectivity index (χ4n) is 4.19. The first-order valence-corrected chi connectivity index (χ1v) is 11.2. The summed E-state index contributed by atoms with van der Waals surface area (Å²) in [4.78, 5) is 31.0. The van der Waals surface area contributed by atoms with Crippen LogP contribution in [0.25, 0.3) is 5.57 Å². The van der Waals surface area contributed by atoms with E-state index < -0.39 is 0 Å². The summed E-state index contributed by atoms with van der Waals surface area (Å²) in [7, 11) is 0. The quantitative estimate of drug-likeness (QED) is 0.455. The smallest absolute Gasteiger partial charge is 0.282 e. The largest absolute Gasteiger partial charge is 0.494 e. The summed E-state index contributed by atoms with van der Waals surface area (Å²) in [5.74, 6) is 0.0903. The first-order chi connectivity index (χ1) is 16.0. The van der Waals surface area contributed by atoms with Crippen LogP contribution in [0.1, 0.15) is 30.5 Å². The fraction of sp³-hybridized carbons (Fsp3) is 0.214. The van der Waals surface area contributed by atoms with Gasteiger partial charge in [-0.2, -0.15) is 0 Å². The molecule has 3 aromatic rings. The molecule has 0 saturated carbocycles. The SMILES string of the molecule is CCOc1ccc(C2=C(N(CC)c3ccccc3)C(=O)N(c3cccc(C)c3C)C2=O)cc1. The highest BCUT2D eigenvalue weighted by Gasteiger charge is 2.43. The van der Waals surface area contributed by atoms with Crippen LogP contribution in [0.5, 0.6) is 5.75 Å². The highest BCUT2D eigenvalue weighted by molar-refractivity contribution is 6.46. The topological polar surface area (TPSA) is 49.9 Å². The van der Waals surface area contributed by atoms with Gasteiger partial charge in [0.25, 0.3) is 11.8 Å². The molecule has 0 unspecified atom stereocenters. The molecule has 3 aromatic carbocycles. The van der Waals surface area contributed by atoms with Gasteiger partial charge in [0.15, 0.2) is 0 Å². The van der Waals surface area contributed by atoms with Crippen molar-refractivity contribution in [3.05, 3.63) is 95.2 Å². The molecule has 0 saturated heterocycles. The van der Waals surface area contributed by atoms with Gasteiger partial charge in [0, 0.05) is 12.2 Å². The van der Waals surface area contributed by atoms with E-state index in [9.17, 15) is 9.59 Å². The Morgan fingerprint density at radius 3 is 2.15 bits per heavy atom. The Bertz CT molecular complexity index is 1210. The number of carbonyl (C=O) groups is 2. The van der Waals surface area contributed by atoms with Crippen LogP contribution in [0.15, 0.2) is 78.5 Å². The molecule has 1 heterocycles. The van der Waals surface area contributed by atoms with E-state index in [1.165, 1.54) is 4.90 Å². The summed E-state index contributed by atoms with van der Waals surface area (Å²) in [6.45, 7) is 8.92. The molecule has 5 heteroatoms. The zero-order valence-corrected chi connectivity index (χ0v) is 19.5. The normalized spacial score (nSPS) is 13.6. The number of rotatable bonds is 7. The molecule has 0 N–H and O–H groups in total. The van der Waals surface area contributed by atoms with E-state index in [0.717, 1.165) is 22.6 Å². The van der Waals surface area contributed by atoms with Crippen molar-refractivity contribution in [2.45, 2.75) is 27.7 Å². The Balaban J connectivity index is 1.90. The fourth-order valence-corrected chi connectivity index (χ4v) is 4.19. The maximum Gasteiger partial charge on any atom is 0.282 e. The number of nitrogens with zero attached hydrogens (tertiary/aromatic N) is 2. The lowest BCUT2D eigenvalue weighted by atomic mass is 10.0. The van der Waals surface area contributed by atoms with Crippen LogP contribution in [0.3, 0.4) is 0 Å². The minimum Gasteiger partial charge on any atom is -0.494 e. The van der Waals surface area contributed by atoms with Crippen molar-refractivity contribution in [1.82, 2.24) is 0 Å². The van der Waals surface area contributed by atoms with Gasteiger partial charge in [0.05, 0.1) is 17.9 Å². The second-order valence-electron chi connectivity index (χ2n) is 7.93. The number of anilines is 2. The summed E-state index contributed by atoms with van der Waals surface area (Å²) in [6, 6.07) is 22.7. The van der Waals surface area contributed by atoms with Crippen molar-refractivity contribution >= 4 is 28.8 Å². The van der Waals surface area contributed by atoms with Gasteiger partial charge in [-0.15, -0.1) is 0 Å². The van der Waals surface area contributed by atoms with Crippen molar-refractivity contribution in [3.63, 3.8) is 0 Å². The number of hydrogen-bond donors (Lipinski definition) is 0. The number of ether oxygens (including phenoxy) is 1. The number of aryl methyl sites for hydroxylation is 1. The molecule has 0 atom stereocenters. The summed E-state index contributed by atoms with van der Waals surface area (Å²) in [5.41, 5.74) is 4.89. The molecule has 0 aromatic heterocycles.